The Kier molecular flexibility index (Phi) is 8.06. The van der Waals surface area contributed by atoms with Crippen molar-refractivity contribution in [1.29, 1.82) is 0 Å². The maximum Gasteiger partial charge on any atom is 0.00965 e. The standard InChI is InChI=1S/C15H34N2/c1-8-12-17(13(2)3)14(4)10-9-11-16-15(5,6)7/h13-14,16H,8-12H2,1-7H3. The van der Waals surface area contributed by atoms with Gasteiger partial charge in [-0.25, -0.2) is 0 Å². The third-order valence-electron chi connectivity index (χ3n) is 3.17. The summed E-state index contributed by atoms with van der Waals surface area (Å²) in [6.07, 6.45) is 3.81. The highest BCUT2D eigenvalue weighted by Gasteiger charge is 2.16. The van der Waals surface area contributed by atoms with Gasteiger partial charge in [0.15, 0.2) is 0 Å². The van der Waals surface area contributed by atoms with Gasteiger partial charge in [0.05, 0.1) is 0 Å². The van der Waals surface area contributed by atoms with Gasteiger partial charge in [0.2, 0.25) is 0 Å². The second-order valence-electron chi connectivity index (χ2n) is 6.50. The first-order valence-electron chi connectivity index (χ1n) is 7.28. The van der Waals surface area contributed by atoms with Crippen molar-refractivity contribution in [1.82, 2.24) is 10.2 Å². The fourth-order valence-electron chi connectivity index (χ4n) is 2.27. The first kappa shape index (κ1) is 16.9. The van der Waals surface area contributed by atoms with E-state index < -0.39 is 0 Å². The van der Waals surface area contributed by atoms with Crippen molar-refractivity contribution in [2.75, 3.05) is 13.1 Å². The molecule has 2 heteroatoms. The number of hydrogen-bond donors (Lipinski definition) is 1. The van der Waals surface area contributed by atoms with E-state index in [1.165, 1.54) is 25.8 Å². The number of hydrogen-bond acceptors (Lipinski definition) is 2. The van der Waals surface area contributed by atoms with Gasteiger partial charge in [-0.1, -0.05) is 6.92 Å². The molecule has 0 aromatic carbocycles. The molecule has 17 heavy (non-hydrogen) atoms. The van der Waals surface area contributed by atoms with E-state index >= 15 is 0 Å². The number of rotatable bonds is 8. The summed E-state index contributed by atoms with van der Waals surface area (Å²) in [5.74, 6) is 0. The highest BCUT2D eigenvalue weighted by molar-refractivity contribution is 4.73. The zero-order valence-electron chi connectivity index (χ0n) is 13.1. The number of nitrogens with one attached hydrogen (secondary N) is 1. The summed E-state index contributed by atoms with van der Waals surface area (Å²) in [7, 11) is 0. The van der Waals surface area contributed by atoms with Crippen LogP contribution in [0, 0.1) is 0 Å². The lowest BCUT2D eigenvalue weighted by Gasteiger charge is -2.32. The lowest BCUT2D eigenvalue weighted by atomic mass is 10.1. The van der Waals surface area contributed by atoms with E-state index in [9.17, 15) is 0 Å². The summed E-state index contributed by atoms with van der Waals surface area (Å²) in [6, 6.07) is 1.37. The van der Waals surface area contributed by atoms with Crippen molar-refractivity contribution < 1.29 is 0 Å². The van der Waals surface area contributed by atoms with Crippen molar-refractivity contribution in [2.45, 2.75) is 85.4 Å². The van der Waals surface area contributed by atoms with E-state index in [4.69, 9.17) is 0 Å². The van der Waals surface area contributed by atoms with E-state index in [1.54, 1.807) is 0 Å². The first-order chi connectivity index (χ1) is 7.78. The molecular weight excluding hydrogens is 208 g/mol. The summed E-state index contributed by atoms with van der Waals surface area (Å²) < 4.78 is 0. The maximum atomic E-state index is 3.56. The second kappa shape index (κ2) is 8.10. The van der Waals surface area contributed by atoms with Crippen LogP contribution in [0.3, 0.4) is 0 Å². The van der Waals surface area contributed by atoms with Crippen LogP contribution in [0.15, 0.2) is 0 Å². The topological polar surface area (TPSA) is 15.3 Å². The van der Waals surface area contributed by atoms with Crippen molar-refractivity contribution in [2.24, 2.45) is 0 Å². The summed E-state index contributed by atoms with van der Waals surface area (Å²) >= 11 is 0. The van der Waals surface area contributed by atoms with Crippen LogP contribution in [0.2, 0.25) is 0 Å². The molecule has 0 saturated heterocycles. The fourth-order valence-corrected chi connectivity index (χ4v) is 2.27. The van der Waals surface area contributed by atoms with Gasteiger partial charge in [-0.3, -0.25) is 4.90 Å². The van der Waals surface area contributed by atoms with Gasteiger partial charge in [0, 0.05) is 17.6 Å². The van der Waals surface area contributed by atoms with Crippen molar-refractivity contribution in [3.63, 3.8) is 0 Å². The molecule has 0 amide bonds. The Morgan fingerprint density at radius 1 is 1.12 bits per heavy atom. The van der Waals surface area contributed by atoms with Gasteiger partial charge in [0.25, 0.3) is 0 Å². The minimum absolute atomic E-state index is 0.254. The van der Waals surface area contributed by atoms with E-state index in [0.717, 1.165) is 6.54 Å². The van der Waals surface area contributed by atoms with Crippen molar-refractivity contribution >= 4 is 0 Å². The second-order valence-corrected chi connectivity index (χ2v) is 6.50. The third kappa shape index (κ3) is 8.62. The Balaban J connectivity index is 3.86. The molecule has 0 aromatic heterocycles. The average molecular weight is 242 g/mol. The van der Waals surface area contributed by atoms with Gasteiger partial charge < -0.3 is 5.32 Å². The molecule has 2 nitrogen and oxygen atoms in total. The molecule has 1 N–H and O–H groups in total. The van der Waals surface area contributed by atoms with E-state index in [0.29, 0.717) is 12.1 Å². The SMILES string of the molecule is CCCN(C(C)C)C(C)CCCNC(C)(C)C. The summed E-state index contributed by atoms with van der Waals surface area (Å²) in [5, 5.41) is 3.56. The number of nitrogens with zero attached hydrogens (tertiary/aromatic N) is 1. The average Bonchev–Trinajstić information content (AvgIpc) is 2.18. The summed E-state index contributed by atoms with van der Waals surface area (Å²) in [5.41, 5.74) is 0.254. The molecule has 1 atom stereocenters. The molecule has 0 aliphatic carbocycles. The molecule has 0 aliphatic rings. The van der Waals surface area contributed by atoms with Crippen LogP contribution in [-0.2, 0) is 0 Å². The normalized spacial score (nSPS) is 14.6. The largest absolute Gasteiger partial charge is 0.312 e. The maximum absolute atomic E-state index is 3.56. The molecule has 0 bridgehead atoms. The molecule has 0 saturated carbocycles. The lowest BCUT2D eigenvalue weighted by molar-refractivity contribution is 0.154. The Bertz CT molecular complexity index is 182. The lowest BCUT2D eigenvalue weighted by Crippen LogP contribution is -2.40. The molecule has 1 unspecified atom stereocenters. The van der Waals surface area contributed by atoms with E-state index in [-0.39, 0.29) is 5.54 Å². The molecule has 104 valence electrons. The third-order valence-corrected chi connectivity index (χ3v) is 3.17. The predicted molar refractivity (Wildman–Crippen MR) is 78.6 cm³/mol. The minimum Gasteiger partial charge on any atom is -0.312 e. The molecule has 0 spiro atoms. The molecule has 0 aliphatic heterocycles. The molecular formula is C15H34N2. The van der Waals surface area contributed by atoms with Gasteiger partial charge >= 0.3 is 0 Å². The van der Waals surface area contributed by atoms with Gasteiger partial charge in [0.1, 0.15) is 0 Å². The van der Waals surface area contributed by atoms with Crippen molar-refractivity contribution in [3.05, 3.63) is 0 Å². The highest BCUT2D eigenvalue weighted by atomic mass is 15.2. The monoisotopic (exact) mass is 242 g/mol. The Morgan fingerprint density at radius 2 is 1.71 bits per heavy atom. The minimum atomic E-state index is 0.254. The smallest absolute Gasteiger partial charge is 0.00965 e. The molecule has 0 fully saturated rings. The van der Waals surface area contributed by atoms with Crippen LogP contribution >= 0.6 is 0 Å². The van der Waals surface area contributed by atoms with Crippen LogP contribution in [0.25, 0.3) is 0 Å². The molecule has 0 aromatic rings. The highest BCUT2D eigenvalue weighted by Crippen LogP contribution is 2.11. The zero-order valence-corrected chi connectivity index (χ0v) is 13.1. The van der Waals surface area contributed by atoms with Gasteiger partial charge in [-0.2, -0.15) is 0 Å². The van der Waals surface area contributed by atoms with E-state index in [1.807, 2.05) is 0 Å². The molecule has 0 radical (unpaired) electrons. The zero-order chi connectivity index (χ0) is 13.5. The van der Waals surface area contributed by atoms with Gasteiger partial charge in [-0.05, 0) is 73.9 Å². The molecule has 0 heterocycles. The van der Waals surface area contributed by atoms with Crippen LogP contribution < -0.4 is 5.32 Å². The summed E-state index contributed by atoms with van der Waals surface area (Å²) in [6.45, 7) is 18.3. The Labute approximate surface area is 109 Å². The van der Waals surface area contributed by atoms with Gasteiger partial charge in [-0.15, -0.1) is 0 Å². The predicted octanol–water partition coefficient (Wildman–Crippen LogP) is 3.66. The summed E-state index contributed by atoms with van der Waals surface area (Å²) in [4.78, 5) is 2.62. The Hall–Kier alpha value is -0.0800. The van der Waals surface area contributed by atoms with Crippen LogP contribution in [0.1, 0.15) is 67.7 Å². The Morgan fingerprint density at radius 3 is 2.12 bits per heavy atom. The quantitative estimate of drug-likeness (QED) is 0.653. The first-order valence-corrected chi connectivity index (χ1v) is 7.28. The van der Waals surface area contributed by atoms with Crippen LogP contribution in [0.5, 0.6) is 0 Å². The fraction of sp³-hybridized carbons (Fsp3) is 1.00. The van der Waals surface area contributed by atoms with Crippen molar-refractivity contribution in [3.8, 4) is 0 Å². The molecule has 0 rings (SSSR count). The van der Waals surface area contributed by atoms with E-state index in [2.05, 4.69) is 58.7 Å². The van der Waals surface area contributed by atoms with Crippen LogP contribution in [0.4, 0.5) is 0 Å². The van der Waals surface area contributed by atoms with Crippen LogP contribution in [-0.4, -0.2) is 35.6 Å².